The summed E-state index contributed by atoms with van der Waals surface area (Å²) in [6, 6.07) is 9.74. The summed E-state index contributed by atoms with van der Waals surface area (Å²) in [6.07, 6.45) is 0. The minimum absolute atomic E-state index is 0.0695. The molecule has 4 heteroatoms. The lowest BCUT2D eigenvalue weighted by molar-refractivity contribution is 0.295. The second-order valence-electron chi connectivity index (χ2n) is 5.26. The van der Waals surface area contributed by atoms with E-state index in [1.54, 1.807) is 7.11 Å². The van der Waals surface area contributed by atoms with Crippen molar-refractivity contribution in [1.82, 2.24) is 4.98 Å². The molecule has 1 atom stereocenters. The van der Waals surface area contributed by atoms with E-state index in [1.165, 1.54) is 5.56 Å². The molecule has 2 N–H and O–H groups in total. The van der Waals surface area contributed by atoms with Crippen LogP contribution in [0.1, 0.15) is 35.5 Å². The van der Waals surface area contributed by atoms with Crippen LogP contribution in [0.4, 0.5) is 0 Å². The number of aromatic nitrogens is 1. The van der Waals surface area contributed by atoms with Crippen LogP contribution < -0.4 is 15.2 Å². The van der Waals surface area contributed by atoms with Crippen LogP contribution in [0.15, 0.2) is 30.3 Å². The Bertz CT molecular complexity index is 624. The Kier molecular flexibility index (Phi) is 4.81. The second-order valence-corrected chi connectivity index (χ2v) is 5.26. The quantitative estimate of drug-likeness (QED) is 0.916. The van der Waals surface area contributed by atoms with Crippen LogP contribution in [-0.2, 0) is 6.61 Å². The Balaban J connectivity index is 2.18. The van der Waals surface area contributed by atoms with Gasteiger partial charge in [-0.3, -0.25) is 4.98 Å². The third-order valence-electron chi connectivity index (χ3n) is 3.25. The Labute approximate surface area is 125 Å². The summed E-state index contributed by atoms with van der Waals surface area (Å²) in [7, 11) is 1.65. The van der Waals surface area contributed by atoms with Gasteiger partial charge in [0, 0.05) is 29.4 Å². The minimum atomic E-state index is -0.0695. The topological polar surface area (TPSA) is 57.4 Å². The first-order chi connectivity index (χ1) is 9.99. The number of nitrogens with two attached hydrogens (primary N) is 1. The zero-order valence-electron chi connectivity index (χ0n) is 13.0. The van der Waals surface area contributed by atoms with E-state index in [0.29, 0.717) is 6.61 Å². The summed E-state index contributed by atoms with van der Waals surface area (Å²) in [5, 5.41) is 0. The fourth-order valence-electron chi connectivity index (χ4n) is 2.20. The zero-order chi connectivity index (χ0) is 15.4. The molecular formula is C17H22N2O2. The Morgan fingerprint density at radius 2 is 1.95 bits per heavy atom. The number of nitrogens with zero attached hydrogens (tertiary/aromatic N) is 1. The van der Waals surface area contributed by atoms with Gasteiger partial charge in [-0.1, -0.05) is 17.7 Å². The van der Waals surface area contributed by atoms with Crippen LogP contribution in [-0.4, -0.2) is 12.1 Å². The molecule has 0 aliphatic heterocycles. The molecule has 21 heavy (non-hydrogen) atoms. The number of ether oxygens (including phenoxy) is 2. The van der Waals surface area contributed by atoms with Gasteiger partial charge in [0.15, 0.2) is 0 Å². The van der Waals surface area contributed by atoms with Gasteiger partial charge in [0.2, 0.25) is 0 Å². The largest absolute Gasteiger partial charge is 0.497 e. The molecule has 112 valence electrons. The van der Waals surface area contributed by atoms with E-state index in [2.05, 4.69) is 11.1 Å². The van der Waals surface area contributed by atoms with Crippen molar-refractivity contribution in [3.63, 3.8) is 0 Å². The Hall–Kier alpha value is -2.07. The van der Waals surface area contributed by atoms with Crippen molar-refractivity contribution in [2.24, 2.45) is 5.73 Å². The van der Waals surface area contributed by atoms with E-state index < -0.39 is 0 Å². The van der Waals surface area contributed by atoms with Gasteiger partial charge >= 0.3 is 0 Å². The molecule has 1 aromatic carbocycles. The molecule has 1 heterocycles. The number of pyridine rings is 1. The van der Waals surface area contributed by atoms with Gasteiger partial charge in [0.25, 0.3) is 0 Å². The van der Waals surface area contributed by atoms with E-state index in [-0.39, 0.29) is 6.04 Å². The Morgan fingerprint density at radius 3 is 2.62 bits per heavy atom. The molecule has 1 unspecified atom stereocenters. The zero-order valence-corrected chi connectivity index (χ0v) is 13.0. The fourth-order valence-corrected chi connectivity index (χ4v) is 2.20. The lowest BCUT2D eigenvalue weighted by atomic mass is 10.1. The predicted octanol–water partition coefficient (Wildman–Crippen LogP) is 3.31. The van der Waals surface area contributed by atoms with Gasteiger partial charge in [0.1, 0.15) is 18.1 Å². The van der Waals surface area contributed by atoms with Crippen molar-refractivity contribution in [2.45, 2.75) is 33.4 Å². The first kappa shape index (κ1) is 15.3. The molecule has 2 aromatic rings. The fraction of sp³-hybridized carbons (Fsp3) is 0.353. The summed E-state index contributed by atoms with van der Waals surface area (Å²) in [4.78, 5) is 4.45. The molecule has 0 radical (unpaired) electrons. The molecule has 1 aromatic heterocycles. The highest BCUT2D eigenvalue weighted by atomic mass is 16.5. The van der Waals surface area contributed by atoms with Crippen molar-refractivity contribution in [2.75, 3.05) is 7.11 Å². The number of hydrogen-bond donors (Lipinski definition) is 1. The summed E-state index contributed by atoms with van der Waals surface area (Å²) < 4.78 is 11.1. The first-order valence-electron chi connectivity index (χ1n) is 7.00. The summed E-state index contributed by atoms with van der Waals surface area (Å²) in [5.41, 5.74) is 9.93. The lowest BCUT2D eigenvalue weighted by Gasteiger charge is -2.15. The third kappa shape index (κ3) is 3.95. The highest BCUT2D eigenvalue weighted by molar-refractivity contribution is 5.39. The SMILES string of the molecule is COc1cc(C)nc(COc2ccc(C)cc2C(C)N)c1. The monoisotopic (exact) mass is 286 g/mol. The van der Waals surface area contributed by atoms with Crippen molar-refractivity contribution in [3.8, 4) is 11.5 Å². The number of methoxy groups -OCH3 is 1. The normalized spacial score (nSPS) is 12.0. The number of rotatable bonds is 5. The maximum Gasteiger partial charge on any atom is 0.130 e. The van der Waals surface area contributed by atoms with Crippen LogP contribution in [0.2, 0.25) is 0 Å². The van der Waals surface area contributed by atoms with E-state index >= 15 is 0 Å². The number of aryl methyl sites for hydroxylation is 2. The first-order valence-corrected chi connectivity index (χ1v) is 7.00. The van der Waals surface area contributed by atoms with E-state index in [0.717, 1.165) is 28.5 Å². The van der Waals surface area contributed by atoms with Crippen molar-refractivity contribution in [1.29, 1.82) is 0 Å². The van der Waals surface area contributed by atoms with E-state index in [9.17, 15) is 0 Å². The van der Waals surface area contributed by atoms with Crippen LogP contribution in [0, 0.1) is 13.8 Å². The Morgan fingerprint density at radius 1 is 1.19 bits per heavy atom. The molecule has 0 amide bonds. The lowest BCUT2D eigenvalue weighted by Crippen LogP contribution is -2.09. The molecule has 0 spiro atoms. The molecule has 0 saturated carbocycles. The molecule has 2 rings (SSSR count). The average Bonchev–Trinajstić information content (AvgIpc) is 2.45. The van der Waals surface area contributed by atoms with Crippen molar-refractivity contribution >= 4 is 0 Å². The van der Waals surface area contributed by atoms with Crippen LogP contribution in [0.5, 0.6) is 11.5 Å². The molecule has 0 aliphatic rings. The second kappa shape index (κ2) is 6.59. The smallest absolute Gasteiger partial charge is 0.130 e. The van der Waals surface area contributed by atoms with Gasteiger partial charge in [-0.2, -0.15) is 0 Å². The van der Waals surface area contributed by atoms with Gasteiger partial charge in [-0.05, 0) is 26.8 Å². The van der Waals surface area contributed by atoms with Crippen LogP contribution >= 0.6 is 0 Å². The minimum Gasteiger partial charge on any atom is -0.497 e. The number of benzene rings is 1. The standard InChI is InChI=1S/C17H22N2O2/c1-11-5-6-17(16(7-11)13(3)18)21-10-14-9-15(20-4)8-12(2)19-14/h5-9,13H,10,18H2,1-4H3. The van der Waals surface area contributed by atoms with Crippen LogP contribution in [0.25, 0.3) is 0 Å². The maximum absolute atomic E-state index is 6.01. The van der Waals surface area contributed by atoms with Gasteiger partial charge < -0.3 is 15.2 Å². The van der Waals surface area contributed by atoms with E-state index in [1.807, 2.05) is 45.0 Å². The van der Waals surface area contributed by atoms with Crippen molar-refractivity contribution < 1.29 is 9.47 Å². The van der Waals surface area contributed by atoms with Gasteiger partial charge in [-0.25, -0.2) is 0 Å². The van der Waals surface area contributed by atoms with Crippen molar-refractivity contribution in [3.05, 3.63) is 52.8 Å². The number of hydrogen-bond acceptors (Lipinski definition) is 4. The third-order valence-corrected chi connectivity index (χ3v) is 3.25. The summed E-state index contributed by atoms with van der Waals surface area (Å²) in [5.74, 6) is 1.59. The molecule has 0 aliphatic carbocycles. The molecule has 4 nitrogen and oxygen atoms in total. The highest BCUT2D eigenvalue weighted by Gasteiger charge is 2.09. The molecular weight excluding hydrogens is 264 g/mol. The summed E-state index contributed by atoms with van der Waals surface area (Å²) in [6.45, 7) is 6.32. The molecule has 0 bridgehead atoms. The van der Waals surface area contributed by atoms with Gasteiger partial charge in [-0.15, -0.1) is 0 Å². The van der Waals surface area contributed by atoms with Crippen LogP contribution in [0.3, 0.4) is 0 Å². The highest BCUT2D eigenvalue weighted by Crippen LogP contribution is 2.26. The molecule has 0 fully saturated rings. The summed E-state index contributed by atoms with van der Waals surface area (Å²) >= 11 is 0. The molecule has 0 saturated heterocycles. The average molecular weight is 286 g/mol. The van der Waals surface area contributed by atoms with Gasteiger partial charge in [0.05, 0.1) is 12.8 Å². The van der Waals surface area contributed by atoms with E-state index in [4.69, 9.17) is 15.2 Å². The predicted molar refractivity (Wildman–Crippen MR) is 83.6 cm³/mol. The maximum atomic E-state index is 6.01.